The minimum atomic E-state index is -3.95. The predicted octanol–water partition coefficient (Wildman–Crippen LogP) is -1.83. The van der Waals surface area contributed by atoms with Gasteiger partial charge in [-0.2, -0.15) is 0 Å². The van der Waals surface area contributed by atoms with Gasteiger partial charge in [-0.05, 0) is 5.90 Å². The fourth-order valence-electron chi connectivity index (χ4n) is 0.444. The third kappa shape index (κ3) is 6.55. The maximum atomic E-state index is 10.7. The van der Waals surface area contributed by atoms with E-state index in [1.54, 1.807) is 0 Å². The Morgan fingerprint density at radius 1 is 1.71 bits per heavy atom. The molecule has 0 aliphatic rings. The second-order valence-electron chi connectivity index (χ2n) is 2.14. The van der Waals surface area contributed by atoms with E-state index in [2.05, 4.69) is 9.52 Å². The molecule has 82 valence electrons. The van der Waals surface area contributed by atoms with Crippen LogP contribution < -0.4 is 10.2 Å². The average molecular weight is 225 g/mol. The van der Waals surface area contributed by atoms with Crippen molar-refractivity contribution in [3.05, 3.63) is 0 Å². The Balaban J connectivity index is 3.96. The van der Waals surface area contributed by atoms with Gasteiger partial charge in [-0.1, -0.05) is 0 Å². The van der Waals surface area contributed by atoms with Crippen molar-refractivity contribution in [2.24, 2.45) is 4.99 Å². The lowest BCUT2D eigenvalue weighted by molar-refractivity contribution is -0.217. The molecule has 9 heteroatoms. The number of carbonyl (C=O) groups is 1. The van der Waals surface area contributed by atoms with Crippen LogP contribution in [0.4, 0.5) is 0 Å². The maximum Gasteiger partial charge on any atom is 0.402 e. The van der Waals surface area contributed by atoms with Crippen molar-refractivity contribution in [1.82, 2.24) is 5.09 Å². The standard InChI is InChI=1S/C5H11N2O6P/c1-13-14(11,12)7-2-4(8)6-3-5(9)10/h2-3H2,1H3,(H,6,8)(H,9,10)(H2,7,11,12)/p-1. The first-order valence-electron chi connectivity index (χ1n) is 3.43. The molecule has 0 heterocycles. The van der Waals surface area contributed by atoms with Gasteiger partial charge in [0.1, 0.15) is 6.54 Å². The highest BCUT2D eigenvalue weighted by atomic mass is 31.2. The molecule has 0 radical (unpaired) electrons. The van der Waals surface area contributed by atoms with Gasteiger partial charge in [-0.25, -0.2) is 9.65 Å². The molecule has 0 saturated carbocycles. The maximum absolute atomic E-state index is 10.7. The Kier molecular flexibility index (Phi) is 5.32. The second-order valence-corrected chi connectivity index (χ2v) is 3.86. The number of hydrogen-bond acceptors (Lipinski definition) is 5. The molecule has 0 aliphatic heterocycles. The molecular weight excluding hydrogens is 215 g/mol. The lowest BCUT2D eigenvalue weighted by Gasteiger charge is -2.14. The van der Waals surface area contributed by atoms with E-state index < -0.39 is 32.7 Å². The SMILES string of the molecule is COP(=O)(O)NCC([O-])=NCC(=O)O. The van der Waals surface area contributed by atoms with Gasteiger partial charge >= 0.3 is 13.7 Å². The molecule has 3 N–H and O–H groups in total. The smallest absolute Gasteiger partial charge is 0.402 e. The molecule has 0 aromatic carbocycles. The Bertz CT molecular complexity index is 277. The van der Waals surface area contributed by atoms with E-state index in [0.717, 1.165) is 7.11 Å². The van der Waals surface area contributed by atoms with Crippen LogP contribution in [0.1, 0.15) is 0 Å². The monoisotopic (exact) mass is 225 g/mol. The molecule has 0 aliphatic carbocycles. The summed E-state index contributed by atoms with van der Waals surface area (Å²) in [6.07, 6.45) is 0. The number of carboxylic acids is 1. The third-order valence-corrected chi connectivity index (χ3v) is 2.12. The van der Waals surface area contributed by atoms with Crippen molar-refractivity contribution in [2.75, 3.05) is 20.2 Å². The van der Waals surface area contributed by atoms with Crippen LogP contribution in [-0.4, -0.2) is 42.1 Å². The summed E-state index contributed by atoms with van der Waals surface area (Å²) in [5.74, 6) is -2.09. The molecule has 0 aromatic rings. The summed E-state index contributed by atoms with van der Waals surface area (Å²) in [4.78, 5) is 21.8. The minimum Gasteiger partial charge on any atom is -0.861 e. The van der Waals surface area contributed by atoms with Crippen LogP contribution in [0.3, 0.4) is 0 Å². The Labute approximate surface area is 79.8 Å². The first kappa shape index (κ1) is 13.1. The number of aliphatic carboxylic acids is 1. The molecule has 0 bridgehead atoms. The van der Waals surface area contributed by atoms with E-state index in [9.17, 15) is 14.5 Å². The van der Waals surface area contributed by atoms with Crippen molar-refractivity contribution >= 4 is 19.6 Å². The predicted molar refractivity (Wildman–Crippen MR) is 44.8 cm³/mol. The summed E-state index contributed by atoms with van der Waals surface area (Å²) in [6.45, 7) is -1.21. The van der Waals surface area contributed by atoms with Crippen LogP contribution >= 0.6 is 7.75 Å². The van der Waals surface area contributed by atoms with Gasteiger partial charge in [0.25, 0.3) is 0 Å². The van der Waals surface area contributed by atoms with Gasteiger partial charge in [-0.3, -0.25) is 9.79 Å². The third-order valence-electron chi connectivity index (χ3n) is 1.07. The fraction of sp³-hybridized carbons (Fsp3) is 0.600. The van der Waals surface area contributed by atoms with Crippen LogP contribution in [0.2, 0.25) is 0 Å². The van der Waals surface area contributed by atoms with Gasteiger partial charge in [0.15, 0.2) is 0 Å². The second kappa shape index (κ2) is 5.71. The Morgan fingerprint density at radius 3 is 2.71 bits per heavy atom. The lowest BCUT2D eigenvalue weighted by atomic mass is 10.6. The minimum absolute atomic E-state index is 0.547. The summed E-state index contributed by atoms with van der Waals surface area (Å²) < 4.78 is 14.8. The zero-order valence-corrected chi connectivity index (χ0v) is 8.23. The van der Waals surface area contributed by atoms with E-state index in [-0.39, 0.29) is 0 Å². The van der Waals surface area contributed by atoms with Gasteiger partial charge in [0, 0.05) is 13.7 Å². The molecule has 0 amide bonds. The highest BCUT2D eigenvalue weighted by Crippen LogP contribution is 2.34. The molecule has 14 heavy (non-hydrogen) atoms. The lowest BCUT2D eigenvalue weighted by Crippen LogP contribution is -2.31. The van der Waals surface area contributed by atoms with Crippen molar-refractivity contribution in [3.8, 4) is 0 Å². The molecule has 0 spiro atoms. The molecule has 0 saturated heterocycles. The molecule has 1 atom stereocenters. The molecule has 0 rings (SSSR count). The topological polar surface area (TPSA) is 131 Å². The quantitative estimate of drug-likeness (QED) is 0.275. The number of aliphatic imine (C=N–C) groups is 1. The normalized spacial score (nSPS) is 16.3. The van der Waals surface area contributed by atoms with Crippen LogP contribution in [0.25, 0.3) is 0 Å². The Morgan fingerprint density at radius 2 is 2.29 bits per heavy atom. The number of hydrogen-bond donors (Lipinski definition) is 3. The Hall–Kier alpha value is -0.950. The van der Waals surface area contributed by atoms with E-state index in [1.165, 1.54) is 0 Å². The fourth-order valence-corrected chi connectivity index (χ4v) is 0.908. The van der Waals surface area contributed by atoms with Gasteiger partial charge in [0.2, 0.25) is 0 Å². The van der Waals surface area contributed by atoms with E-state index in [0.29, 0.717) is 0 Å². The molecule has 1 unspecified atom stereocenters. The number of nitrogens with zero attached hydrogens (tertiary/aromatic N) is 1. The van der Waals surface area contributed by atoms with Crippen LogP contribution in [0, 0.1) is 0 Å². The van der Waals surface area contributed by atoms with Crippen molar-refractivity contribution in [2.45, 2.75) is 0 Å². The zero-order valence-electron chi connectivity index (χ0n) is 7.34. The highest BCUT2D eigenvalue weighted by molar-refractivity contribution is 7.50. The first-order valence-corrected chi connectivity index (χ1v) is 5.01. The molecule has 0 fully saturated rings. The summed E-state index contributed by atoms with van der Waals surface area (Å²) in [5, 5.41) is 20.8. The van der Waals surface area contributed by atoms with E-state index in [4.69, 9.17) is 10.00 Å². The van der Waals surface area contributed by atoms with Gasteiger partial charge < -0.3 is 19.6 Å². The van der Waals surface area contributed by atoms with E-state index in [1.807, 2.05) is 5.09 Å². The van der Waals surface area contributed by atoms with Gasteiger partial charge in [-0.15, -0.1) is 0 Å². The summed E-state index contributed by atoms with van der Waals surface area (Å²) in [7, 11) is -2.96. The number of nitrogens with one attached hydrogen (secondary N) is 1. The number of carboxylic acid groups (broad SMARTS) is 1. The first-order chi connectivity index (χ1) is 6.37. The van der Waals surface area contributed by atoms with Crippen molar-refractivity contribution < 1.29 is 29.0 Å². The van der Waals surface area contributed by atoms with Crippen LogP contribution in [0.15, 0.2) is 4.99 Å². The van der Waals surface area contributed by atoms with Crippen molar-refractivity contribution in [3.63, 3.8) is 0 Å². The molecule has 8 nitrogen and oxygen atoms in total. The summed E-state index contributed by atoms with van der Waals surface area (Å²) in [6, 6.07) is 0. The van der Waals surface area contributed by atoms with Crippen LogP contribution in [-0.2, 0) is 13.9 Å². The van der Waals surface area contributed by atoms with Crippen LogP contribution in [0.5, 0.6) is 0 Å². The molecule has 0 aromatic heterocycles. The largest absolute Gasteiger partial charge is 0.861 e. The zero-order chi connectivity index (χ0) is 11.2. The van der Waals surface area contributed by atoms with Crippen molar-refractivity contribution in [1.29, 1.82) is 0 Å². The number of rotatable bonds is 6. The highest BCUT2D eigenvalue weighted by Gasteiger charge is 2.14. The average Bonchev–Trinajstić information content (AvgIpc) is 2.11. The van der Waals surface area contributed by atoms with E-state index >= 15 is 0 Å². The molecular formula is C5H10N2O6P-. The summed E-state index contributed by atoms with van der Waals surface area (Å²) >= 11 is 0. The summed E-state index contributed by atoms with van der Waals surface area (Å²) in [5.41, 5.74) is 0. The van der Waals surface area contributed by atoms with Gasteiger partial charge in [0.05, 0.1) is 0 Å².